The van der Waals surface area contributed by atoms with Crippen LogP contribution < -0.4 is 4.90 Å². The summed E-state index contributed by atoms with van der Waals surface area (Å²) in [6.07, 6.45) is 10.9. The van der Waals surface area contributed by atoms with E-state index in [9.17, 15) is 9.59 Å². The predicted octanol–water partition coefficient (Wildman–Crippen LogP) is 2.55. The van der Waals surface area contributed by atoms with E-state index in [1.165, 1.54) is 0 Å². The van der Waals surface area contributed by atoms with Gasteiger partial charge in [-0.3, -0.25) is 19.2 Å². The second kappa shape index (κ2) is 9.92. The van der Waals surface area contributed by atoms with Crippen LogP contribution in [0.15, 0.2) is 48.8 Å². The maximum atomic E-state index is 13.1. The number of piperazine rings is 1. The van der Waals surface area contributed by atoms with E-state index >= 15 is 0 Å². The van der Waals surface area contributed by atoms with E-state index in [1.54, 1.807) is 10.9 Å². The van der Waals surface area contributed by atoms with Crippen LogP contribution in [0, 0.1) is 0 Å². The van der Waals surface area contributed by atoms with Crippen LogP contribution in [0.25, 0.3) is 6.08 Å². The number of hydrogen-bond acceptors (Lipinski definition) is 4. The Labute approximate surface area is 183 Å². The van der Waals surface area contributed by atoms with Crippen molar-refractivity contribution < 1.29 is 9.59 Å². The Morgan fingerprint density at radius 3 is 2.61 bits per heavy atom. The molecule has 0 aliphatic carbocycles. The van der Waals surface area contributed by atoms with Gasteiger partial charge in [0.15, 0.2) is 0 Å². The number of carbonyl (C=O) groups excluding carboxylic acids is 2. The summed E-state index contributed by atoms with van der Waals surface area (Å²) in [6, 6.07) is 10.0. The van der Waals surface area contributed by atoms with E-state index in [-0.39, 0.29) is 17.9 Å². The van der Waals surface area contributed by atoms with Crippen LogP contribution >= 0.6 is 0 Å². The molecule has 7 nitrogen and oxygen atoms in total. The molecule has 1 aromatic carbocycles. The van der Waals surface area contributed by atoms with Gasteiger partial charge < -0.3 is 9.80 Å². The second-order valence-corrected chi connectivity index (χ2v) is 8.29. The minimum Gasteiger partial charge on any atom is -0.340 e. The molecule has 2 aromatic rings. The minimum atomic E-state index is -0.0972. The van der Waals surface area contributed by atoms with Crippen LogP contribution in [-0.2, 0) is 16.6 Å². The van der Waals surface area contributed by atoms with E-state index in [2.05, 4.69) is 34.3 Å². The summed E-state index contributed by atoms with van der Waals surface area (Å²) in [5, 5.41) is 4.20. The number of rotatable bonds is 6. The van der Waals surface area contributed by atoms with Crippen LogP contribution in [0.3, 0.4) is 0 Å². The van der Waals surface area contributed by atoms with Crippen molar-refractivity contribution >= 4 is 23.6 Å². The Balaban J connectivity index is 1.24. The topological polar surface area (TPSA) is 61.7 Å². The monoisotopic (exact) mass is 421 g/mol. The molecule has 2 aliphatic rings. The summed E-state index contributed by atoms with van der Waals surface area (Å²) in [5.74, 6) is 0.356. The molecule has 2 saturated heterocycles. The van der Waals surface area contributed by atoms with Gasteiger partial charge in [-0.15, -0.1) is 0 Å². The molecule has 0 N–H and O–H groups in total. The lowest BCUT2D eigenvalue weighted by atomic mass is 10.0. The molecule has 2 aliphatic heterocycles. The number of nitrogens with zero attached hydrogens (tertiary/aromatic N) is 5. The fraction of sp³-hybridized carbons (Fsp3) is 0.458. The highest BCUT2D eigenvalue weighted by molar-refractivity contribution is 5.97. The average molecular weight is 422 g/mol. The Morgan fingerprint density at radius 1 is 1.13 bits per heavy atom. The quantitative estimate of drug-likeness (QED) is 0.719. The molecular weight excluding hydrogens is 390 g/mol. The number of allylic oxidation sites excluding steroid dienone is 1. The van der Waals surface area contributed by atoms with Crippen molar-refractivity contribution in [2.75, 3.05) is 37.6 Å². The Bertz CT molecular complexity index is 915. The Hall–Kier alpha value is -2.93. The SMILES string of the molecule is Cn1cc(N2CCCC(N3CCN(C(=O)CC/C=C/c4ccccc4)CC3)C2=O)cn1. The van der Waals surface area contributed by atoms with Crippen LogP contribution in [0.5, 0.6) is 0 Å². The molecule has 2 fully saturated rings. The van der Waals surface area contributed by atoms with E-state index < -0.39 is 0 Å². The van der Waals surface area contributed by atoms with Crippen molar-refractivity contribution in [1.82, 2.24) is 19.6 Å². The van der Waals surface area contributed by atoms with Gasteiger partial charge in [0.1, 0.15) is 0 Å². The first kappa shape index (κ1) is 21.3. The molecule has 0 saturated carbocycles. The van der Waals surface area contributed by atoms with Gasteiger partial charge in [0, 0.05) is 52.4 Å². The largest absolute Gasteiger partial charge is 0.340 e. The zero-order chi connectivity index (χ0) is 21.6. The molecule has 0 radical (unpaired) electrons. The lowest BCUT2D eigenvalue weighted by Gasteiger charge is -2.42. The summed E-state index contributed by atoms with van der Waals surface area (Å²) in [7, 11) is 1.86. The molecule has 4 rings (SSSR count). The first-order chi connectivity index (χ1) is 15.1. The van der Waals surface area contributed by atoms with Crippen molar-refractivity contribution in [3.63, 3.8) is 0 Å². The summed E-state index contributed by atoms with van der Waals surface area (Å²) in [4.78, 5) is 31.7. The van der Waals surface area contributed by atoms with Crippen molar-refractivity contribution in [1.29, 1.82) is 0 Å². The van der Waals surface area contributed by atoms with Gasteiger partial charge in [0.05, 0.1) is 17.9 Å². The maximum absolute atomic E-state index is 13.1. The summed E-state index contributed by atoms with van der Waals surface area (Å²) >= 11 is 0. The van der Waals surface area contributed by atoms with Gasteiger partial charge in [-0.2, -0.15) is 5.10 Å². The third-order valence-electron chi connectivity index (χ3n) is 6.16. The highest BCUT2D eigenvalue weighted by atomic mass is 16.2. The molecule has 0 bridgehead atoms. The van der Waals surface area contributed by atoms with Crippen LogP contribution in [0.2, 0.25) is 0 Å². The van der Waals surface area contributed by atoms with E-state index in [1.807, 2.05) is 41.2 Å². The van der Waals surface area contributed by atoms with Gasteiger partial charge in [0.2, 0.25) is 11.8 Å². The van der Waals surface area contributed by atoms with Crippen molar-refractivity contribution in [2.24, 2.45) is 7.05 Å². The number of aromatic nitrogens is 2. The highest BCUT2D eigenvalue weighted by Gasteiger charge is 2.36. The third-order valence-corrected chi connectivity index (χ3v) is 6.16. The Kier molecular flexibility index (Phi) is 6.82. The summed E-state index contributed by atoms with van der Waals surface area (Å²) in [5.41, 5.74) is 2.02. The number of hydrogen-bond donors (Lipinski definition) is 0. The lowest BCUT2D eigenvalue weighted by Crippen LogP contribution is -2.58. The molecule has 7 heteroatoms. The van der Waals surface area contributed by atoms with E-state index in [0.29, 0.717) is 19.5 Å². The van der Waals surface area contributed by atoms with Crippen LogP contribution in [0.4, 0.5) is 5.69 Å². The third kappa shape index (κ3) is 5.22. The molecule has 164 valence electrons. The van der Waals surface area contributed by atoms with Crippen LogP contribution in [-0.4, -0.2) is 70.2 Å². The number of aryl methyl sites for hydroxylation is 1. The maximum Gasteiger partial charge on any atom is 0.244 e. The fourth-order valence-corrected chi connectivity index (χ4v) is 4.43. The number of carbonyl (C=O) groups is 2. The average Bonchev–Trinajstić information content (AvgIpc) is 3.23. The first-order valence-electron chi connectivity index (χ1n) is 11.2. The van der Waals surface area contributed by atoms with E-state index in [0.717, 1.165) is 50.1 Å². The number of piperidine rings is 1. The van der Waals surface area contributed by atoms with Crippen molar-refractivity contribution in [3.05, 3.63) is 54.4 Å². The zero-order valence-electron chi connectivity index (χ0n) is 18.2. The number of anilines is 1. The Morgan fingerprint density at radius 2 is 1.90 bits per heavy atom. The summed E-state index contributed by atoms with van der Waals surface area (Å²) < 4.78 is 1.73. The minimum absolute atomic E-state index is 0.0972. The molecular formula is C24H31N5O2. The molecule has 2 amide bonds. The highest BCUT2D eigenvalue weighted by Crippen LogP contribution is 2.24. The first-order valence-corrected chi connectivity index (χ1v) is 11.2. The van der Waals surface area contributed by atoms with Gasteiger partial charge in [-0.1, -0.05) is 42.5 Å². The summed E-state index contributed by atoms with van der Waals surface area (Å²) in [6.45, 7) is 3.64. The van der Waals surface area contributed by atoms with Gasteiger partial charge >= 0.3 is 0 Å². The normalized spacial score (nSPS) is 20.5. The number of benzene rings is 1. The fourth-order valence-electron chi connectivity index (χ4n) is 4.43. The second-order valence-electron chi connectivity index (χ2n) is 8.29. The van der Waals surface area contributed by atoms with E-state index in [4.69, 9.17) is 0 Å². The van der Waals surface area contributed by atoms with Gasteiger partial charge in [-0.05, 0) is 24.8 Å². The smallest absolute Gasteiger partial charge is 0.244 e. The van der Waals surface area contributed by atoms with Gasteiger partial charge in [-0.25, -0.2) is 0 Å². The van der Waals surface area contributed by atoms with Crippen molar-refractivity contribution in [2.45, 2.75) is 31.7 Å². The zero-order valence-corrected chi connectivity index (χ0v) is 18.2. The molecule has 1 atom stereocenters. The lowest BCUT2D eigenvalue weighted by molar-refractivity contribution is -0.134. The van der Waals surface area contributed by atoms with Crippen molar-refractivity contribution in [3.8, 4) is 0 Å². The molecule has 31 heavy (non-hydrogen) atoms. The van der Waals surface area contributed by atoms with Crippen LogP contribution in [0.1, 0.15) is 31.2 Å². The molecule has 0 spiro atoms. The standard InChI is InChI=1S/C24H31N5O2/c1-26-19-21(18-25-26)29-13-7-11-22(24(29)31)27-14-16-28(17-15-27)23(30)12-6-5-10-20-8-3-2-4-9-20/h2-5,8-10,18-19,22H,6-7,11-17H2,1H3/b10-5+. The molecule has 3 heterocycles. The number of amides is 2. The van der Waals surface area contributed by atoms with Gasteiger partial charge in [0.25, 0.3) is 0 Å². The predicted molar refractivity (Wildman–Crippen MR) is 121 cm³/mol. The molecule has 1 aromatic heterocycles. The molecule has 1 unspecified atom stereocenters.